The molecule has 1 atom stereocenters. The number of alkyl halides is 3. The summed E-state index contributed by atoms with van der Waals surface area (Å²) in [7, 11) is 0. The smallest absolute Gasteiger partial charge is 0.411 e. The number of rotatable bonds is 5. The number of nitrogens with one attached hydrogen (secondary N) is 1. The Morgan fingerprint density at radius 3 is 2.75 bits per heavy atom. The van der Waals surface area contributed by atoms with Gasteiger partial charge in [0.25, 0.3) is 0 Å². The van der Waals surface area contributed by atoms with Crippen LogP contribution in [0, 0.1) is 0 Å². The van der Waals surface area contributed by atoms with Crippen LogP contribution in [0.1, 0.15) is 11.8 Å². The summed E-state index contributed by atoms with van der Waals surface area (Å²) >= 11 is 5.84. The van der Waals surface area contributed by atoms with E-state index in [9.17, 15) is 13.2 Å². The highest BCUT2D eigenvalue weighted by molar-refractivity contribution is 6.31. The van der Waals surface area contributed by atoms with Crippen LogP contribution >= 0.6 is 11.6 Å². The number of hydrazine groups is 1. The van der Waals surface area contributed by atoms with Crippen molar-refractivity contribution in [2.45, 2.75) is 12.2 Å². The third-order valence-corrected chi connectivity index (χ3v) is 2.83. The maximum absolute atomic E-state index is 12.0. The number of fused-ring (bicyclic) bond motifs is 1. The standard InChI is InChI=1S/C12H12ClF3N2O2/c13-8-1-2-10-7(3-8)4-11(20-10)9(18-17)5-19-6-12(14,15)16/h1-4,9,18H,5-6,17H2. The second kappa shape index (κ2) is 6.01. The zero-order valence-electron chi connectivity index (χ0n) is 10.2. The molecule has 8 heteroatoms. The molecule has 110 valence electrons. The molecule has 1 aromatic heterocycles. The van der Waals surface area contributed by atoms with Crippen LogP contribution < -0.4 is 11.3 Å². The monoisotopic (exact) mass is 308 g/mol. The van der Waals surface area contributed by atoms with Crippen molar-refractivity contribution in [1.29, 1.82) is 0 Å². The summed E-state index contributed by atoms with van der Waals surface area (Å²) < 4.78 is 46.1. The maximum Gasteiger partial charge on any atom is 0.411 e. The van der Waals surface area contributed by atoms with Gasteiger partial charge >= 0.3 is 6.18 Å². The highest BCUT2D eigenvalue weighted by Crippen LogP contribution is 2.26. The third-order valence-electron chi connectivity index (χ3n) is 2.59. The predicted octanol–water partition coefficient (Wildman–Crippen LogP) is 3.17. The molecule has 0 aliphatic carbocycles. The molecule has 4 nitrogen and oxygen atoms in total. The van der Waals surface area contributed by atoms with Crippen LogP contribution in [0.15, 0.2) is 28.7 Å². The molecule has 0 saturated heterocycles. The molecule has 1 heterocycles. The Morgan fingerprint density at radius 2 is 2.10 bits per heavy atom. The van der Waals surface area contributed by atoms with Crippen molar-refractivity contribution in [3.05, 3.63) is 35.0 Å². The lowest BCUT2D eigenvalue weighted by Gasteiger charge is -2.14. The molecule has 3 N–H and O–H groups in total. The van der Waals surface area contributed by atoms with Crippen LogP contribution in [0.2, 0.25) is 5.02 Å². The normalized spacial score (nSPS) is 13.8. The Kier molecular flexibility index (Phi) is 4.54. The van der Waals surface area contributed by atoms with E-state index in [-0.39, 0.29) is 6.61 Å². The van der Waals surface area contributed by atoms with Gasteiger partial charge in [-0.05, 0) is 24.3 Å². The van der Waals surface area contributed by atoms with E-state index in [2.05, 4.69) is 10.2 Å². The molecular weight excluding hydrogens is 297 g/mol. The van der Waals surface area contributed by atoms with Crippen LogP contribution in [0.3, 0.4) is 0 Å². The second-order valence-corrected chi connectivity index (χ2v) is 4.62. The summed E-state index contributed by atoms with van der Waals surface area (Å²) in [5.74, 6) is 5.69. The van der Waals surface area contributed by atoms with E-state index in [1.54, 1.807) is 24.3 Å². The van der Waals surface area contributed by atoms with E-state index >= 15 is 0 Å². The first-order chi connectivity index (χ1) is 9.39. The first-order valence-electron chi connectivity index (χ1n) is 5.68. The molecular formula is C12H12ClF3N2O2. The molecule has 0 spiro atoms. The molecule has 0 fully saturated rings. The van der Waals surface area contributed by atoms with Gasteiger partial charge < -0.3 is 9.15 Å². The Morgan fingerprint density at radius 1 is 1.35 bits per heavy atom. The van der Waals surface area contributed by atoms with Gasteiger partial charge in [-0.1, -0.05) is 11.6 Å². The minimum atomic E-state index is -4.37. The first-order valence-corrected chi connectivity index (χ1v) is 6.06. The van der Waals surface area contributed by atoms with Crippen molar-refractivity contribution in [1.82, 2.24) is 5.43 Å². The fourth-order valence-corrected chi connectivity index (χ4v) is 1.89. The summed E-state index contributed by atoms with van der Waals surface area (Å²) in [5.41, 5.74) is 2.93. The fraction of sp³-hybridized carbons (Fsp3) is 0.333. The lowest BCUT2D eigenvalue weighted by molar-refractivity contribution is -0.175. The largest absolute Gasteiger partial charge is 0.459 e. The van der Waals surface area contributed by atoms with E-state index in [1.165, 1.54) is 0 Å². The van der Waals surface area contributed by atoms with Gasteiger partial charge in [-0.3, -0.25) is 5.84 Å². The molecule has 20 heavy (non-hydrogen) atoms. The van der Waals surface area contributed by atoms with Crippen LogP contribution in [-0.4, -0.2) is 19.4 Å². The molecule has 1 aromatic carbocycles. The number of furan rings is 1. The van der Waals surface area contributed by atoms with Crippen LogP contribution in [0.4, 0.5) is 13.2 Å². The van der Waals surface area contributed by atoms with Gasteiger partial charge in [0.05, 0.1) is 6.61 Å². The van der Waals surface area contributed by atoms with E-state index in [0.717, 1.165) is 5.39 Å². The lowest BCUT2D eigenvalue weighted by atomic mass is 10.2. The van der Waals surface area contributed by atoms with E-state index in [1.807, 2.05) is 0 Å². The van der Waals surface area contributed by atoms with Gasteiger partial charge in [0.1, 0.15) is 24.0 Å². The van der Waals surface area contributed by atoms with Crippen molar-refractivity contribution >= 4 is 22.6 Å². The van der Waals surface area contributed by atoms with Crippen molar-refractivity contribution < 1.29 is 22.3 Å². The van der Waals surface area contributed by atoms with E-state index in [4.69, 9.17) is 21.9 Å². The Hall–Kier alpha value is -1.28. The number of nitrogens with two attached hydrogens (primary N) is 1. The van der Waals surface area contributed by atoms with Gasteiger partial charge in [-0.15, -0.1) is 0 Å². The van der Waals surface area contributed by atoms with Gasteiger partial charge in [0.2, 0.25) is 0 Å². The number of halogens is 4. The first kappa shape index (κ1) is 15.1. The zero-order valence-corrected chi connectivity index (χ0v) is 11.0. The molecule has 0 aliphatic heterocycles. The van der Waals surface area contributed by atoms with E-state index < -0.39 is 18.8 Å². The Bertz CT molecular complexity index is 586. The predicted molar refractivity (Wildman–Crippen MR) is 68.2 cm³/mol. The van der Waals surface area contributed by atoms with Gasteiger partial charge in [-0.2, -0.15) is 13.2 Å². The quantitative estimate of drug-likeness (QED) is 0.658. The maximum atomic E-state index is 12.0. The summed E-state index contributed by atoms with van der Waals surface area (Å²) in [5, 5.41) is 1.28. The molecule has 0 amide bonds. The summed E-state index contributed by atoms with van der Waals surface area (Å²) in [6.45, 7) is -1.60. The van der Waals surface area contributed by atoms with Gasteiger partial charge in [0, 0.05) is 10.4 Å². The molecule has 2 rings (SSSR count). The van der Waals surface area contributed by atoms with Crippen molar-refractivity contribution in [3.8, 4) is 0 Å². The van der Waals surface area contributed by atoms with Crippen LogP contribution in [0.5, 0.6) is 0 Å². The number of benzene rings is 1. The highest BCUT2D eigenvalue weighted by Gasteiger charge is 2.28. The summed E-state index contributed by atoms with van der Waals surface area (Å²) in [6, 6.07) is 5.99. The minimum Gasteiger partial charge on any atom is -0.459 e. The van der Waals surface area contributed by atoms with Crippen molar-refractivity contribution in [2.75, 3.05) is 13.2 Å². The lowest BCUT2D eigenvalue weighted by Crippen LogP contribution is -2.32. The number of hydrogen-bond donors (Lipinski definition) is 2. The Balaban J connectivity index is 2.09. The average Bonchev–Trinajstić information content (AvgIpc) is 2.75. The fourth-order valence-electron chi connectivity index (χ4n) is 1.71. The SMILES string of the molecule is NNC(COCC(F)(F)F)c1cc2cc(Cl)ccc2o1. The van der Waals surface area contributed by atoms with Crippen LogP contribution in [-0.2, 0) is 4.74 Å². The third kappa shape index (κ3) is 3.86. The van der Waals surface area contributed by atoms with Gasteiger partial charge in [-0.25, -0.2) is 5.43 Å². The highest BCUT2D eigenvalue weighted by atomic mass is 35.5. The van der Waals surface area contributed by atoms with Crippen LogP contribution in [0.25, 0.3) is 11.0 Å². The second-order valence-electron chi connectivity index (χ2n) is 4.18. The molecule has 2 aromatic rings. The average molecular weight is 309 g/mol. The molecule has 0 saturated carbocycles. The molecule has 0 bridgehead atoms. The number of ether oxygens (including phenoxy) is 1. The van der Waals surface area contributed by atoms with Gasteiger partial charge in [0.15, 0.2) is 0 Å². The van der Waals surface area contributed by atoms with Crippen molar-refractivity contribution in [2.24, 2.45) is 5.84 Å². The van der Waals surface area contributed by atoms with E-state index in [0.29, 0.717) is 16.4 Å². The summed E-state index contributed by atoms with van der Waals surface area (Å²) in [4.78, 5) is 0. The zero-order chi connectivity index (χ0) is 14.8. The van der Waals surface area contributed by atoms with Crippen molar-refractivity contribution in [3.63, 3.8) is 0 Å². The molecule has 1 unspecified atom stereocenters. The Labute approximate surface area is 117 Å². The topological polar surface area (TPSA) is 60.4 Å². The molecule has 0 radical (unpaired) electrons. The molecule has 0 aliphatic rings. The summed E-state index contributed by atoms with van der Waals surface area (Å²) in [6.07, 6.45) is -4.37. The minimum absolute atomic E-state index is 0.260. The number of hydrogen-bond acceptors (Lipinski definition) is 4.